The molecule has 0 unspecified atom stereocenters. The number of nitrogens with zero attached hydrogens (tertiary/aromatic N) is 1. The lowest BCUT2D eigenvalue weighted by molar-refractivity contribution is 0.0951. The third-order valence-electron chi connectivity index (χ3n) is 5.95. The second-order valence-corrected chi connectivity index (χ2v) is 8.90. The van der Waals surface area contributed by atoms with E-state index in [9.17, 15) is 9.59 Å². The second kappa shape index (κ2) is 11.3. The quantitative estimate of drug-likeness (QED) is 0.432. The summed E-state index contributed by atoms with van der Waals surface area (Å²) in [6, 6.07) is 18.3. The van der Waals surface area contributed by atoms with Gasteiger partial charge in [0, 0.05) is 35.9 Å². The predicted octanol–water partition coefficient (Wildman–Crippen LogP) is 5.37. The van der Waals surface area contributed by atoms with E-state index in [1.54, 1.807) is 30.3 Å². The van der Waals surface area contributed by atoms with Crippen LogP contribution in [-0.2, 0) is 11.3 Å². The molecule has 1 saturated heterocycles. The van der Waals surface area contributed by atoms with Gasteiger partial charge in [0.25, 0.3) is 5.91 Å². The Hall–Kier alpha value is -3.55. The molecule has 3 aromatic rings. The Labute approximate surface area is 210 Å². The Balaban J connectivity index is 1.53. The SMILES string of the molecule is Cc1ccc(CNC(=O)c2ccc(N3CCOCC3)c(NC(=O)Nc3cccc(Cl)c3C)c2)cc1. The Bertz CT molecular complexity index is 1210. The van der Waals surface area contributed by atoms with E-state index in [2.05, 4.69) is 20.9 Å². The number of hydrogen-bond acceptors (Lipinski definition) is 4. The largest absolute Gasteiger partial charge is 0.378 e. The van der Waals surface area contributed by atoms with Crippen LogP contribution in [0.25, 0.3) is 0 Å². The average molecular weight is 493 g/mol. The first kappa shape index (κ1) is 24.6. The van der Waals surface area contributed by atoms with Crippen molar-refractivity contribution in [2.75, 3.05) is 41.8 Å². The lowest BCUT2D eigenvalue weighted by Gasteiger charge is -2.30. The van der Waals surface area contributed by atoms with Crippen LogP contribution >= 0.6 is 11.6 Å². The summed E-state index contributed by atoms with van der Waals surface area (Å²) in [7, 11) is 0. The van der Waals surface area contributed by atoms with Gasteiger partial charge in [-0.2, -0.15) is 0 Å². The van der Waals surface area contributed by atoms with Gasteiger partial charge in [-0.1, -0.05) is 47.5 Å². The number of halogens is 1. The molecule has 35 heavy (non-hydrogen) atoms. The van der Waals surface area contributed by atoms with Gasteiger partial charge >= 0.3 is 6.03 Å². The summed E-state index contributed by atoms with van der Waals surface area (Å²) >= 11 is 6.19. The third kappa shape index (κ3) is 6.32. The number of hydrogen-bond donors (Lipinski definition) is 3. The van der Waals surface area contributed by atoms with Crippen molar-refractivity contribution in [2.45, 2.75) is 20.4 Å². The van der Waals surface area contributed by atoms with E-state index in [0.717, 1.165) is 16.8 Å². The van der Waals surface area contributed by atoms with Gasteiger partial charge in [0.05, 0.1) is 24.6 Å². The molecule has 3 aromatic carbocycles. The Morgan fingerprint density at radius 3 is 2.40 bits per heavy atom. The van der Waals surface area contributed by atoms with E-state index in [0.29, 0.717) is 54.8 Å². The fraction of sp³-hybridized carbons (Fsp3) is 0.259. The van der Waals surface area contributed by atoms with Crippen LogP contribution in [0.4, 0.5) is 21.9 Å². The van der Waals surface area contributed by atoms with Gasteiger partial charge in [0.2, 0.25) is 0 Å². The molecule has 0 aliphatic carbocycles. The third-order valence-corrected chi connectivity index (χ3v) is 6.36. The van der Waals surface area contributed by atoms with Crippen molar-refractivity contribution < 1.29 is 14.3 Å². The lowest BCUT2D eigenvalue weighted by Crippen LogP contribution is -2.37. The molecule has 0 aromatic heterocycles. The molecule has 0 bridgehead atoms. The fourth-order valence-corrected chi connectivity index (χ4v) is 4.04. The Kier molecular flexibility index (Phi) is 7.90. The normalized spacial score (nSPS) is 13.3. The molecule has 0 radical (unpaired) electrons. The summed E-state index contributed by atoms with van der Waals surface area (Å²) in [5.74, 6) is -0.215. The van der Waals surface area contributed by atoms with E-state index in [1.807, 2.05) is 44.2 Å². The molecule has 4 rings (SSSR count). The molecule has 1 fully saturated rings. The molecule has 0 atom stereocenters. The summed E-state index contributed by atoms with van der Waals surface area (Å²) in [4.78, 5) is 27.9. The zero-order valence-electron chi connectivity index (χ0n) is 19.9. The second-order valence-electron chi connectivity index (χ2n) is 8.49. The summed E-state index contributed by atoms with van der Waals surface area (Å²) in [5.41, 5.74) is 5.43. The number of nitrogens with one attached hydrogen (secondary N) is 3. The Morgan fingerprint density at radius 2 is 1.66 bits per heavy atom. The van der Waals surface area contributed by atoms with E-state index >= 15 is 0 Å². The summed E-state index contributed by atoms with van der Waals surface area (Å²) < 4.78 is 5.47. The summed E-state index contributed by atoms with van der Waals surface area (Å²) in [5, 5.41) is 9.30. The van der Waals surface area contributed by atoms with Gasteiger partial charge < -0.3 is 25.6 Å². The maximum atomic E-state index is 12.9. The molecule has 3 N–H and O–H groups in total. The standard InChI is InChI=1S/C27H29ClN4O3/c1-18-6-8-20(9-7-18)17-29-26(33)21-10-11-25(32-12-14-35-15-13-32)24(16-21)31-27(34)30-23-5-3-4-22(28)19(23)2/h3-11,16H,12-15,17H2,1-2H3,(H,29,33)(H2,30,31,34). The molecule has 1 heterocycles. The number of carbonyl (C=O) groups excluding carboxylic acids is 2. The molecule has 3 amide bonds. The number of benzene rings is 3. The smallest absolute Gasteiger partial charge is 0.323 e. The molecule has 1 aliphatic heterocycles. The van der Waals surface area contributed by atoms with Crippen LogP contribution in [0, 0.1) is 13.8 Å². The van der Waals surface area contributed by atoms with Crippen LogP contribution in [0.3, 0.4) is 0 Å². The van der Waals surface area contributed by atoms with Crippen molar-refractivity contribution in [3.8, 4) is 0 Å². The number of ether oxygens (including phenoxy) is 1. The predicted molar refractivity (Wildman–Crippen MR) is 141 cm³/mol. The molecule has 182 valence electrons. The van der Waals surface area contributed by atoms with Gasteiger partial charge in [0.15, 0.2) is 0 Å². The van der Waals surface area contributed by atoms with Gasteiger partial charge in [0.1, 0.15) is 0 Å². The van der Waals surface area contributed by atoms with Crippen LogP contribution in [0.1, 0.15) is 27.0 Å². The molecule has 0 saturated carbocycles. The zero-order chi connectivity index (χ0) is 24.8. The van der Waals surface area contributed by atoms with Gasteiger partial charge in [-0.25, -0.2) is 4.79 Å². The van der Waals surface area contributed by atoms with Crippen molar-refractivity contribution >= 4 is 40.6 Å². The number of urea groups is 1. The number of rotatable bonds is 6. The van der Waals surface area contributed by atoms with E-state index in [-0.39, 0.29) is 5.91 Å². The van der Waals surface area contributed by atoms with Crippen molar-refractivity contribution in [2.24, 2.45) is 0 Å². The van der Waals surface area contributed by atoms with E-state index in [4.69, 9.17) is 16.3 Å². The summed E-state index contributed by atoms with van der Waals surface area (Å²) in [6.07, 6.45) is 0. The van der Waals surface area contributed by atoms with Crippen molar-refractivity contribution in [3.05, 3.63) is 87.9 Å². The van der Waals surface area contributed by atoms with Crippen molar-refractivity contribution in [1.29, 1.82) is 0 Å². The van der Waals surface area contributed by atoms with Gasteiger partial charge in [-0.15, -0.1) is 0 Å². The van der Waals surface area contributed by atoms with Crippen molar-refractivity contribution in [1.82, 2.24) is 5.32 Å². The maximum Gasteiger partial charge on any atom is 0.323 e. The topological polar surface area (TPSA) is 82.7 Å². The first-order chi connectivity index (χ1) is 16.9. The van der Waals surface area contributed by atoms with Crippen LogP contribution in [0.5, 0.6) is 0 Å². The van der Waals surface area contributed by atoms with Crippen LogP contribution in [-0.4, -0.2) is 38.2 Å². The molecular formula is C27H29ClN4O3. The first-order valence-corrected chi connectivity index (χ1v) is 11.9. The highest BCUT2D eigenvalue weighted by Gasteiger charge is 2.19. The highest BCUT2D eigenvalue weighted by atomic mass is 35.5. The molecule has 7 nitrogen and oxygen atoms in total. The van der Waals surface area contributed by atoms with Crippen LogP contribution in [0.15, 0.2) is 60.7 Å². The monoisotopic (exact) mass is 492 g/mol. The zero-order valence-corrected chi connectivity index (χ0v) is 20.6. The molecule has 0 spiro atoms. The number of aryl methyl sites for hydroxylation is 1. The first-order valence-electron chi connectivity index (χ1n) is 11.5. The molecular weight excluding hydrogens is 464 g/mol. The number of anilines is 3. The highest BCUT2D eigenvalue weighted by molar-refractivity contribution is 6.31. The lowest BCUT2D eigenvalue weighted by atomic mass is 10.1. The number of carbonyl (C=O) groups is 2. The fourth-order valence-electron chi connectivity index (χ4n) is 3.87. The maximum absolute atomic E-state index is 12.9. The van der Waals surface area contributed by atoms with Crippen LogP contribution in [0.2, 0.25) is 5.02 Å². The van der Waals surface area contributed by atoms with E-state index < -0.39 is 6.03 Å². The van der Waals surface area contributed by atoms with Gasteiger partial charge in [-0.3, -0.25) is 4.79 Å². The van der Waals surface area contributed by atoms with Gasteiger partial charge in [-0.05, 0) is 55.3 Å². The van der Waals surface area contributed by atoms with Crippen molar-refractivity contribution in [3.63, 3.8) is 0 Å². The minimum absolute atomic E-state index is 0.215. The minimum Gasteiger partial charge on any atom is -0.378 e. The van der Waals surface area contributed by atoms with E-state index in [1.165, 1.54) is 5.56 Å². The number of morpholine rings is 1. The molecule has 8 heteroatoms. The van der Waals surface area contributed by atoms with Crippen LogP contribution < -0.4 is 20.9 Å². The summed E-state index contributed by atoms with van der Waals surface area (Å²) in [6.45, 7) is 6.89. The number of amides is 3. The average Bonchev–Trinajstić information content (AvgIpc) is 2.87. The highest BCUT2D eigenvalue weighted by Crippen LogP contribution is 2.29. The molecule has 1 aliphatic rings. The minimum atomic E-state index is -0.415. The Morgan fingerprint density at radius 1 is 0.943 bits per heavy atom.